The summed E-state index contributed by atoms with van der Waals surface area (Å²) in [5.74, 6) is -0.947. The van der Waals surface area contributed by atoms with Crippen molar-refractivity contribution in [3.8, 4) is 0 Å². The monoisotopic (exact) mass is 1050 g/mol. The fraction of sp³-hybridized carbons (Fsp3) is 0.643. The predicted octanol–water partition coefficient (Wildman–Crippen LogP) is 21.4. The maximum Gasteiger partial charge on any atom is 0.306 e. The summed E-state index contributed by atoms with van der Waals surface area (Å²) >= 11 is 0. The molecule has 0 aromatic carbocycles. The van der Waals surface area contributed by atoms with E-state index in [1.54, 1.807) is 0 Å². The molecule has 0 aromatic heterocycles. The highest BCUT2D eigenvalue weighted by Crippen LogP contribution is 2.14. The van der Waals surface area contributed by atoms with Gasteiger partial charge in [-0.2, -0.15) is 0 Å². The highest BCUT2D eigenvalue weighted by molar-refractivity contribution is 5.71. The Hall–Kier alpha value is -4.45. The lowest BCUT2D eigenvalue weighted by molar-refractivity contribution is -0.167. The molecule has 0 amide bonds. The third-order valence-electron chi connectivity index (χ3n) is 12.9. The molecule has 0 N–H and O–H groups in total. The number of hydrogen-bond acceptors (Lipinski definition) is 6. The Morgan fingerprint density at radius 2 is 0.513 bits per heavy atom. The number of unbranched alkanes of at least 4 members (excludes halogenated alkanes) is 22. The van der Waals surface area contributed by atoms with Gasteiger partial charge in [-0.25, -0.2) is 0 Å². The van der Waals surface area contributed by atoms with E-state index in [4.69, 9.17) is 14.2 Å². The second-order valence-electron chi connectivity index (χ2n) is 20.2. The van der Waals surface area contributed by atoms with Gasteiger partial charge in [0.1, 0.15) is 13.2 Å². The zero-order valence-corrected chi connectivity index (χ0v) is 49.2. The molecule has 0 radical (unpaired) electrons. The van der Waals surface area contributed by atoms with Crippen LogP contribution in [0.4, 0.5) is 0 Å². The van der Waals surface area contributed by atoms with Gasteiger partial charge >= 0.3 is 17.9 Å². The van der Waals surface area contributed by atoms with Gasteiger partial charge in [-0.05, 0) is 141 Å². The van der Waals surface area contributed by atoms with Gasteiger partial charge in [0.05, 0.1) is 0 Å². The van der Waals surface area contributed by atoms with Crippen LogP contribution in [0.15, 0.2) is 134 Å². The van der Waals surface area contributed by atoms with E-state index in [9.17, 15) is 14.4 Å². The largest absolute Gasteiger partial charge is 0.462 e. The van der Waals surface area contributed by atoms with Crippen molar-refractivity contribution in [1.82, 2.24) is 0 Å². The van der Waals surface area contributed by atoms with Crippen molar-refractivity contribution in [2.24, 2.45) is 0 Å². The average molecular weight is 1050 g/mol. The van der Waals surface area contributed by atoms with Gasteiger partial charge in [-0.3, -0.25) is 14.4 Å². The van der Waals surface area contributed by atoms with Crippen molar-refractivity contribution in [3.63, 3.8) is 0 Å². The third kappa shape index (κ3) is 60.4. The van der Waals surface area contributed by atoms with E-state index in [2.05, 4.69) is 154 Å². The van der Waals surface area contributed by atoms with Crippen LogP contribution in [-0.4, -0.2) is 37.2 Å². The first-order valence-corrected chi connectivity index (χ1v) is 31.2. The van der Waals surface area contributed by atoms with Gasteiger partial charge in [0, 0.05) is 19.3 Å². The summed E-state index contributed by atoms with van der Waals surface area (Å²) in [7, 11) is 0. The molecule has 0 aliphatic heterocycles. The Bertz CT molecular complexity index is 1630. The zero-order valence-electron chi connectivity index (χ0n) is 49.2. The fourth-order valence-corrected chi connectivity index (χ4v) is 8.19. The van der Waals surface area contributed by atoms with Crippen molar-refractivity contribution < 1.29 is 28.6 Å². The van der Waals surface area contributed by atoms with E-state index in [-0.39, 0.29) is 31.1 Å². The maximum absolute atomic E-state index is 12.9. The van der Waals surface area contributed by atoms with Gasteiger partial charge in [0.15, 0.2) is 6.10 Å². The van der Waals surface area contributed by atoms with Crippen molar-refractivity contribution in [2.45, 2.75) is 277 Å². The minimum Gasteiger partial charge on any atom is -0.462 e. The summed E-state index contributed by atoms with van der Waals surface area (Å²) in [6, 6.07) is 0. The second-order valence-corrected chi connectivity index (χ2v) is 20.2. The number of carbonyl (C=O) groups is 3. The van der Waals surface area contributed by atoms with Gasteiger partial charge in [-0.15, -0.1) is 0 Å². The molecule has 0 saturated heterocycles. The fourth-order valence-electron chi connectivity index (χ4n) is 8.19. The number of rotatable bonds is 55. The molecule has 0 heterocycles. The Balaban J connectivity index is 4.44. The first-order valence-electron chi connectivity index (χ1n) is 31.2. The highest BCUT2D eigenvalue weighted by atomic mass is 16.6. The molecule has 430 valence electrons. The molecule has 0 fully saturated rings. The Kier molecular flexibility index (Phi) is 59.4. The normalized spacial score (nSPS) is 13.0. The van der Waals surface area contributed by atoms with Crippen LogP contribution < -0.4 is 0 Å². The van der Waals surface area contributed by atoms with E-state index in [1.165, 1.54) is 57.8 Å². The first-order chi connectivity index (χ1) is 37.5. The van der Waals surface area contributed by atoms with Crippen molar-refractivity contribution in [1.29, 1.82) is 0 Å². The Morgan fingerprint density at radius 3 is 0.829 bits per heavy atom. The summed E-state index contributed by atoms with van der Waals surface area (Å²) < 4.78 is 16.9. The standard InChI is InChI=1S/C70H114O6/c1-4-7-10-13-16-19-22-25-28-30-31-32-33-34-35-36-37-38-39-40-43-45-48-51-54-57-60-63-69(72)75-66-67(65-74-68(71)62-59-56-53-50-47-44-41-27-24-21-18-15-12-9-6-3)76-70(73)64-61-58-55-52-49-46-42-29-26-23-20-17-14-11-8-5-2/h7,10,16,18-21,23,25,27-29,31-32,34-35,37-38,40-43,67H,4-6,8-9,11-15,17,22,24,26,30,33,36,39,44-66H2,1-3H3/b10-7-,19-16-,21-18-,23-20-,28-25-,32-31-,35-34-,38-37-,41-27-,42-29-,43-40-. The maximum atomic E-state index is 12.9. The molecule has 0 aliphatic rings. The van der Waals surface area contributed by atoms with Gasteiger partial charge in [0.2, 0.25) is 0 Å². The second kappa shape index (κ2) is 63.1. The zero-order chi connectivity index (χ0) is 55.0. The molecular formula is C70H114O6. The Morgan fingerprint density at radius 1 is 0.276 bits per heavy atom. The van der Waals surface area contributed by atoms with Crippen LogP contribution >= 0.6 is 0 Å². The smallest absolute Gasteiger partial charge is 0.306 e. The molecule has 0 bridgehead atoms. The summed E-state index contributed by atoms with van der Waals surface area (Å²) in [5, 5.41) is 0. The molecule has 76 heavy (non-hydrogen) atoms. The molecular weight excluding hydrogens is 937 g/mol. The van der Waals surface area contributed by atoms with E-state index in [0.29, 0.717) is 19.3 Å². The van der Waals surface area contributed by atoms with Crippen LogP contribution in [0.3, 0.4) is 0 Å². The molecule has 0 aliphatic carbocycles. The average Bonchev–Trinajstić information content (AvgIpc) is 3.42. The van der Waals surface area contributed by atoms with Crippen LogP contribution in [0.1, 0.15) is 271 Å². The van der Waals surface area contributed by atoms with Gasteiger partial charge in [0.25, 0.3) is 0 Å². The summed E-state index contributed by atoms with van der Waals surface area (Å²) in [6.45, 7) is 6.44. The molecule has 0 saturated carbocycles. The number of esters is 3. The quantitative estimate of drug-likeness (QED) is 0.0261. The minimum absolute atomic E-state index is 0.101. The topological polar surface area (TPSA) is 78.9 Å². The molecule has 1 unspecified atom stereocenters. The van der Waals surface area contributed by atoms with E-state index >= 15 is 0 Å². The lowest BCUT2D eigenvalue weighted by Gasteiger charge is -2.18. The van der Waals surface area contributed by atoms with Crippen LogP contribution in [0, 0.1) is 0 Å². The predicted molar refractivity (Wildman–Crippen MR) is 329 cm³/mol. The minimum atomic E-state index is -0.805. The summed E-state index contributed by atoms with van der Waals surface area (Å²) in [6.07, 6.45) is 88.7. The van der Waals surface area contributed by atoms with Crippen molar-refractivity contribution in [2.75, 3.05) is 13.2 Å². The molecule has 6 nitrogen and oxygen atoms in total. The number of hydrogen-bond donors (Lipinski definition) is 0. The SMILES string of the molecule is CC/C=C\C/C=C\C/C=C\C/C=C\C/C=C\C/C=C\C/C=C\CCCCCCCC(=O)OCC(COC(=O)CCCCCCC/C=C\C/C=C\CCCCC)OC(=O)CCCCCCC/C=C\C/C=C\CCCCCC. The number of allylic oxidation sites excluding steroid dienone is 22. The van der Waals surface area contributed by atoms with Crippen LogP contribution in [-0.2, 0) is 28.6 Å². The third-order valence-corrected chi connectivity index (χ3v) is 12.9. The molecule has 1 atom stereocenters. The van der Waals surface area contributed by atoms with Gasteiger partial charge in [-0.1, -0.05) is 244 Å². The molecule has 0 spiro atoms. The van der Waals surface area contributed by atoms with Crippen molar-refractivity contribution in [3.05, 3.63) is 134 Å². The van der Waals surface area contributed by atoms with E-state index < -0.39 is 6.10 Å². The van der Waals surface area contributed by atoms with Crippen LogP contribution in [0.5, 0.6) is 0 Å². The molecule has 0 rings (SSSR count). The summed E-state index contributed by atoms with van der Waals surface area (Å²) in [5.41, 5.74) is 0. The molecule has 6 heteroatoms. The Labute approximate surface area is 468 Å². The lowest BCUT2D eigenvalue weighted by atomic mass is 10.1. The van der Waals surface area contributed by atoms with Gasteiger partial charge < -0.3 is 14.2 Å². The van der Waals surface area contributed by atoms with Crippen molar-refractivity contribution >= 4 is 17.9 Å². The van der Waals surface area contributed by atoms with E-state index in [0.717, 1.165) is 173 Å². The highest BCUT2D eigenvalue weighted by Gasteiger charge is 2.19. The van der Waals surface area contributed by atoms with Crippen LogP contribution in [0.25, 0.3) is 0 Å². The lowest BCUT2D eigenvalue weighted by Crippen LogP contribution is -2.30. The van der Waals surface area contributed by atoms with E-state index in [1.807, 2.05) is 0 Å². The number of carbonyl (C=O) groups excluding carboxylic acids is 3. The van der Waals surface area contributed by atoms with Crippen LogP contribution in [0.2, 0.25) is 0 Å². The first kappa shape index (κ1) is 71.5. The molecule has 0 aromatic rings. The summed E-state index contributed by atoms with van der Waals surface area (Å²) in [4.78, 5) is 38.3. The number of ether oxygens (including phenoxy) is 3.